The van der Waals surface area contributed by atoms with Gasteiger partial charge >= 0.3 is 0 Å². The molecule has 2 heterocycles. The van der Waals surface area contributed by atoms with E-state index in [9.17, 15) is 9.59 Å². The number of azide groups is 1. The molecule has 116 valence electrons. The molecule has 8 heteroatoms. The first-order chi connectivity index (χ1) is 11.2. The molecule has 1 aromatic heterocycles. The number of carbonyl (C=O) groups excluding carboxylic acids is 1. The van der Waals surface area contributed by atoms with Gasteiger partial charge in [-0.3, -0.25) is 19.5 Å². The molecule has 1 aromatic carbocycles. The third-order valence-electron chi connectivity index (χ3n) is 3.66. The molecule has 0 spiro atoms. The number of aromatic nitrogens is 2. The Balaban J connectivity index is 1.91. The zero-order valence-electron chi connectivity index (χ0n) is 12.2. The van der Waals surface area contributed by atoms with Gasteiger partial charge in [0.05, 0.1) is 5.69 Å². The lowest BCUT2D eigenvalue weighted by Gasteiger charge is -2.15. The predicted molar refractivity (Wildman–Crippen MR) is 84.8 cm³/mol. The second-order valence-electron chi connectivity index (χ2n) is 5.31. The van der Waals surface area contributed by atoms with Gasteiger partial charge in [-0.2, -0.15) is 0 Å². The van der Waals surface area contributed by atoms with E-state index in [1.165, 1.54) is 11.0 Å². The molecular weight excluding hydrogens is 296 g/mol. The van der Waals surface area contributed by atoms with Crippen molar-refractivity contribution in [2.24, 2.45) is 11.0 Å². The van der Waals surface area contributed by atoms with Crippen LogP contribution in [-0.4, -0.2) is 29.0 Å². The van der Waals surface area contributed by atoms with Gasteiger partial charge in [-0.15, -0.1) is 0 Å². The largest absolute Gasteiger partial charge is 0.292 e. The Morgan fingerprint density at radius 1 is 1.35 bits per heavy atom. The van der Waals surface area contributed by atoms with Crippen LogP contribution in [0, 0.1) is 5.92 Å². The lowest BCUT2D eigenvalue weighted by Crippen LogP contribution is -2.29. The molecule has 0 radical (unpaired) electrons. The minimum Gasteiger partial charge on any atom is -0.292 e. The van der Waals surface area contributed by atoms with E-state index in [2.05, 4.69) is 20.0 Å². The summed E-state index contributed by atoms with van der Waals surface area (Å²) in [7, 11) is 0. The molecule has 0 aliphatic carbocycles. The van der Waals surface area contributed by atoms with Crippen LogP contribution in [0.1, 0.15) is 6.42 Å². The number of anilines is 1. The third kappa shape index (κ3) is 3.22. The number of carbonyl (C=O) groups is 1. The number of benzene rings is 1. The van der Waals surface area contributed by atoms with E-state index in [4.69, 9.17) is 5.53 Å². The summed E-state index contributed by atoms with van der Waals surface area (Å²) < 4.78 is 0. The maximum Gasteiger partial charge on any atom is 0.252 e. The van der Waals surface area contributed by atoms with Crippen LogP contribution in [0.2, 0.25) is 0 Å². The minimum atomic E-state index is -0.319. The quantitative estimate of drug-likeness (QED) is 0.529. The average molecular weight is 310 g/mol. The number of nitrogens with one attached hydrogen (secondary N) is 1. The van der Waals surface area contributed by atoms with Crippen LogP contribution < -0.4 is 10.5 Å². The smallest absolute Gasteiger partial charge is 0.252 e. The minimum absolute atomic E-state index is 0.0657. The molecule has 1 aliphatic rings. The fourth-order valence-electron chi connectivity index (χ4n) is 2.59. The highest BCUT2D eigenvalue weighted by Crippen LogP contribution is 2.24. The molecule has 0 saturated carbocycles. The summed E-state index contributed by atoms with van der Waals surface area (Å²) in [6.45, 7) is 0.625. The van der Waals surface area contributed by atoms with Gasteiger partial charge in [-0.05, 0) is 11.4 Å². The van der Waals surface area contributed by atoms with Crippen LogP contribution in [-0.2, 0) is 4.79 Å². The fourth-order valence-corrected chi connectivity index (χ4v) is 2.59. The van der Waals surface area contributed by atoms with Gasteiger partial charge in [0.2, 0.25) is 11.9 Å². The lowest BCUT2D eigenvalue weighted by molar-refractivity contribution is -0.117. The molecule has 0 bridgehead atoms. The van der Waals surface area contributed by atoms with Crippen molar-refractivity contribution in [3.05, 3.63) is 57.2 Å². The Bertz CT molecular complexity index is 825. The summed E-state index contributed by atoms with van der Waals surface area (Å²) in [6, 6.07) is 10.7. The molecule has 1 amide bonds. The Hall–Kier alpha value is -3.12. The van der Waals surface area contributed by atoms with Gasteiger partial charge in [0.25, 0.3) is 5.56 Å². The van der Waals surface area contributed by atoms with Gasteiger partial charge in [0.1, 0.15) is 0 Å². The monoisotopic (exact) mass is 310 g/mol. The average Bonchev–Trinajstić information content (AvgIpc) is 2.94. The highest BCUT2D eigenvalue weighted by molar-refractivity contribution is 5.94. The van der Waals surface area contributed by atoms with E-state index in [1.807, 2.05) is 30.3 Å². The highest BCUT2D eigenvalue weighted by atomic mass is 16.2. The summed E-state index contributed by atoms with van der Waals surface area (Å²) in [5.74, 6) is 0.0189. The number of hydrogen-bond acceptors (Lipinski definition) is 4. The van der Waals surface area contributed by atoms with Crippen molar-refractivity contribution in [2.45, 2.75) is 6.42 Å². The summed E-state index contributed by atoms with van der Waals surface area (Å²) in [5.41, 5.74) is 9.37. The van der Waals surface area contributed by atoms with Crippen LogP contribution in [0.4, 0.5) is 5.95 Å². The molecule has 1 unspecified atom stereocenters. The molecule has 8 nitrogen and oxygen atoms in total. The molecule has 2 aromatic rings. The first kappa shape index (κ1) is 14.8. The topological polar surface area (TPSA) is 115 Å². The molecule has 1 saturated heterocycles. The highest BCUT2D eigenvalue weighted by Gasteiger charge is 2.31. The molecule has 1 aliphatic heterocycles. The second kappa shape index (κ2) is 6.33. The molecular formula is C15H14N6O2. The SMILES string of the molecule is [N-]=[N+]=NCC1CC(=O)N(c2nc(-c3ccccc3)cc(=O)[nH]2)C1. The number of aromatic amines is 1. The van der Waals surface area contributed by atoms with Crippen molar-refractivity contribution in [3.8, 4) is 11.3 Å². The number of amides is 1. The van der Waals surface area contributed by atoms with Crippen molar-refractivity contribution in [1.82, 2.24) is 9.97 Å². The van der Waals surface area contributed by atoms with Crippen molar-refractivity contribution >= 4 is 11.9 Å². The first-order valence-electron chi connectivity index (χ1n) is 7.15. The van der Waals surface area contributed by atoms with Crippen LogP contribution in [0.3, 0.4) is 0 Å². The Morgan fingerprint density at radius 3 is 2.87 bits per heavy atom. The standard InChI is InChI=1S/C15H14N6O2/c16-20-17-8-10-6-14(23)21(9-10)15-18-12(7-13(22)19-15)11-4-2-1-3-5-11/h1-5,7,10H,6,8-9H2,(H,18,19,22). The molecule has 1 fully saturated rings. The van der Waals surface area contributed by atoms with Crippen LogP contribution >= 0.6 is 0 Å². The summed E-state index contributed by atoms with van der Waals surface area (Å²) in [6.07, 6.45) is 0.276. The number of hydrogen-bond donors (Lipinski definition) is 1. The van der Waals surface area contributed by atoms with E-state index >= 15 is 0 Å². The fraction of sp³-hybridized carbons (Fsp3) is 0.267. The van der Waals surface area contributed by atoms with Gasteiger partial charge in [-0.25, -0.2) is 4.98 Å². The van der Waals surface area contributed by atoms with E-state index in [1.54, 1.807) is 0 Å². The Kier molecular flexibility index (Phi) is 4.07. The normalized spacial score (nSPS) is 17.1. The summed E-state index contributed by atoms with van der Waals surface area (Å²) in [5, 5.41) is 3.51. The first-order valence-corrected chi connectivity index (χ1v) is 7.15. The van der Waals surface area contributed by atoms with Crippen LogP contribution in [0.5, 0.6) is 0 Å². The zero-order chi connectivity index (χ0) is 16.2. The van der Waals surface area contributed by atoms with Crippen molar-refractivity contribution < 1.29 is 4.79 Å². The van der Waals surface area contributed by atoms with Crippen LogP contribution in [0.25, 0.3) is 21.7 Å². The summed E-state index contributed by atoms with van der Waals surface area (Å²) in [4.78, 5) is 35.2. The molecule has 3 rings (SSSR count). The van der Waals surface area contributed by atoms with E-state index in [-0.39, 0.29) is 36.3 Å². The Morgan fingerprint density at radius 2 is 2.13 bits per heavy atom. The van der Waals surface area contributed by atoms with E-state index < -0.39 is 0 Å². The number of H-pyrrole nitrogens is 1. The van der Waals surface area contributed by atoms with Gasteiger partial charge in [0, 0.05) is 36.1 Å². The van der Waals surface area contributed by atoms with Gasteiger partial charge < -0.3 is 0 Å². The van der Waals surface area contributed by atoms with Crippen molar-refractivity contribution in [3.63, 3.8) is 0 Å². The second-order valence-corrected chi connectivity index (χ2v) is 5.31. The van der Waals surface area contributed by atoms with Crippen molar-refractivity contribution in [1.29, 1.82) is 0 Å². The van der Waals surface area contributed by atoms with E-state index in [0.717, 1.165) is 5.56 Å². The lowest BCUT2D eigenvalue weighted by atomic mass is 10.1. The molecule has 1 atom stereocenters. The Labute approximate surface area is 131 Å². The van der Waals surface area contributed by atoms with Gasteiger partial charge in [-0.1, -0.05) is 35.4 Å². The third-order valence-corrected chi connectivity index (χ3v) is 3.66. The molecule has 1 N–H and O–H groups in total. The molecule has 23 heavy (non-hydrogen) atoms. The van der Waals surface area contributed by atoms with E-state index in [0.29, 0.717) is 12.2 Å². The number of rotatable bonds is 4. The summed E-state index contributed by atoms with van der Waals surface area (Å²) >= 11 is 0. The predicted octanol–water partition coefficient (Wildman–Crippen LogP) is 2.10. The van der Waals surface area contributed by atoms with Crippen LogP contribution in [0.15, 0.2) is 46.3 Å². The van der Waals surface area contributed by atoms with Crippen molar-refractivity contribution in [2.75, 3.05) is 18.0 Å². The maximum absolute atomic E-state index is 12.1. The zero-order valence-corrected chi connectivity index (χ0v) is 12.2. The van der Waals surface area contributed by atoms with Gasteiger partial charge in [0.15, 0.2) is 0 Å². The number of nitrogens with zero attached hydrogens (tertiary/aromatic N) is 5. The maximum atomic E-state index is 12.1.